The van der Waals surface area contributed by atoms with Gasteiger partial charge < -0.3 is 4.74 Å². The largest absolute Gasteiger partial charge is 0.493 e. The topological polar surface area (TPSA) is 9.23 Å². The van der Waals surface area contributed by atoms with Crippen molar-refractivity contribution in [3.8, 4) is 5.75 Å². The molecular formula is C23H40O. The Kier molecular flexibility index (Phi) is 9.48. The van der Waals surface area contributed by atoms with Crippen LogP contribution in [0, 0.1) is 6.92 Å². The predicted molar refractivity (Wildman–Crippen MR) is 107 cm³/mol. The van der Waals surface area contributed by atoms with Gasteiger partial charge in [-0.05, 0) is 48.8 Å². The molecule has 0 fully saturated rings. The average Bonchev–Trinajstić information content (AvgIpc) is 2.51. The first-order valence-corrected chi connectivity index (χ1v) is 10.2. The summed E-state index contributed by atoms with van der Waals surface area (Å²) in [5.74, 6) is 1.11. The smallest absolute Gasteiger partial charge is 0.123 e. The third-order valence-corrected chi connectivity index (χ3v) is 4.84. The Morgan fingerprint density at radius 3 is 2.04 bits per heavy atom. The van der Waals surface area contributed by atoms with Gasteiger partial charge in [0.15, 0.2) is 0 Å². The first-order chi connectivity index (χ1) is 11.4. The molecule has 0 aromatic heterocycles. The van der Waals surface area contributed by atoms with E-state index in [2.05, 4.69) is 53.7 Å². The van der Waals surface area contributed by atoms with Gasteiger partial charge in [-0.15, -0.1) is 0 Å². The predicted octanol–water partition coefficient (Wildman–Crippen LogP) is 7.37. The zero-order valence-corrected chi connectivity index (χ0v) is 17.1. The van der Waals surface area contributed by atoms with Crippen LogP contribution in [0.4, 0.5) is 0 Å². The maximum absolute atomic E-state index is 6.19. The van der Waals surface area contributed by atoms with E-state index < -0.39 is 0 Å². The molecule has 0 aliphatic carbocycles. The summed E-state index contributed by atoms with van der Waals surface area (Å²) in [7, 11) is 0. The van der Waals surface area contributed by atoms with Crippen LogP contribution in [0.3, 0.4) is 0 Å². The van der Waals surface area contributed by atoms with Crippen molar-refractivity contribution in [1.82, 2.24) is 0 Å². The van der Waals surface area contributed by atoms with Crippen LogP contribution in [0.15, 0.2) is 12.1 Å². The third kappa shape index (κ3) is 6.87. The van der Waals surface area contributed by atoms with Crippen molar-refractivity contribution in [1.29, 1.82) is 0 Å². The van der Waals surface area contributed by atoms with Crippen molar-refractivity contribution in [3.05, 3.63) is 28.8 Å². The molecule has 0 spiro atoms. The van der Waals surface area contributed by atoms with E-state index >= 15 is 0 Å². The van der Waals surface area contributed by atoms with E-state index in [0.717, 1.165) is 18.8 Å². The molecular weight excluding hydrogens is 292 g/mol. The molecule has 0 saturated carbocycles. The lowest BCUT2D eigenvalue weighted by atomic mass is 9.81. The molecule has 0 bridgehead atoms. The molecule has 0 aliphatic rings. The number of hydrogen-bond donors (Lipinski definition) is 0. The monoisotopic (exact) mass is 332 g/mol. The molecule has 1 nitrogen and oxygen atoms in total. The first-order valence-electron chi connectivity index (χ1n) is 10.2. The quantitative estimate of drug-likeness (QED) is 0.384. The van der Waals surface area contributed by atoms with Gasteiger partial charge in [0.2, 0.25) is 0 Å². The standard InChI is InChI=1S/C23H40O/c1-7-9-11-13-15-20-16-17-21(24-18-14-12-10-8-2)22(19(20)3)23(4,5)6/h16-17H,7-15,18H2,1-6H3. The Morgan fingerprint density at radius 2 is 1.46 bits per heavy atom. The van der Waals surface area contributed by atoms with Crippen molar-refractivity contribution in [2.75, 3.05) is 6.61 Å². The van der Waals surface area contributed by atoms with Crippen LogP contribution in [0.25, 0.3) is 0 Å². The summed E-state index contributed by atoms with van der Waals surface area (Å²) in [5, 5.41) is 0. The molecule has 1 rings (SSSR count). The average molecular weight is 333 g/mol. The summed E-state index contributed by atoms with van der Waals surface area (Å²) in [6.07, 6.45) is 11.5. The SMILES string of the molecule is CCCCCCOc1ccc(CCCCCC)c(C)c1C(C)(C)C. The van der Waals surface area contributed by atoms with Crippen LogP contribution in [-0.4, -0.2) is 6.61 Å². The second-order valence-corrected chi connectivity index (χ2v) is 8.19. The molecule has 0 N–H and O–H groups in total. The van der Waals surface area contributed by atoms with Crippen LogP contribution in [0.1, 0.15) is 103 Å². The fraction of sp³-hybridized carbons (Fsp3) is 0.739. The summed E-state index contributed by atoms with van der Waals surface area (Å²) in [5.41, 5.74) is 4.49. The summed E-state index contributed by atoms with van der Waals surface area (Å²) in [6, 6.07) is 4.53. The molecule has 1 aromatic rings. The van der Waals surface area contributed by atoms with Gasteiger partial charge in [-0.2, -0.15) is 0 Å². The zero-order valence-electron chi connectivity index (χ0n) is 17.1. The minimum atomic E-state index is 0.127. The highest BCUT2D eigenvalue weighted by Crippen LogP contribution is 2.36. The van der Waals surface area contributed by atoms with Crippen molar-refractivity contribution < 1.29 is 4.74 Å². The van der Waals surface area contributed by atoms with Crippen LogP contribution in [-0.2, 0) is 11.8 Å². The Morgan fingerprint density at radius 1 is 0.833 bits per heavy atom. The van der Waals surface area contributed by atoms with E-state index in [9.17, 15) is 0 Å². The van der Waals surface area contributed by atoms with Crippen molar-refractivity contribution >= 4 is 0 Å². The Bertz CT molecular complexity index is 468. The zero-order chi connectivity index (χ0) is 18.0. The summed E-state index contributed by atoms with van der Waals surface area (Å²) < 4.78 is 6.19. The molecule has 0 radical (unpaired) electrons. The number of rotatable bonds is 11. The van der Waals surface area contributed by atoms with Gasteiger partial charge in [0.25, 0.3) is 0 Å². The maximum Gasteiger partial charge on any atom is 0.123 e. The van der Waals surface area contributed by atoms with Crippen molar-refractivity contribution in [3.63, 3.8) is 0 Å². The maximum atomic E-state index is 6.19. The Labute approximate surface area is 151 Å². The van der Waals surface area contributed by atoms with Crippen LogP contribution in [0.2, 0.25) is 0 Å². The fourth-order valence-corrected chi connectivity index (χ4v) is 3.51. The first kappa shape index (κ1) is 21.1. The van der Waals surface area contributed by atoms with E-state index in [-0.39, 0.29) is 5.41 Å². The van der Waals surface area contributed by atoms with Crippen LogP contribution < -0.4 is 4.74 Å². The van der Waals surface area contributed by atoms with Gasteiger partial charge in [-0.25, -0.2) is 0 Å². The molecule has 138 valence electrons. The second-order valence-electron chi connectivity index (χ2n) is 8.19. The van der Waals surface area contributed by atoms with Gasteiger partial charge in [0.1, 0.15) is 5.75 Å². The highest BCUT2D eigenvalue weighted by Gasteiger charge is 2.23. The molecule has 0 amide bonds. The van der Waals surface area contributed by atoms with E-state index in [4.69, 9.17) is 4.74 Å². The molecule has 1 heteroatoms. The van der Waals surface area contributed by atoms with Gasteiger partial charge in [-0.3, -0.25) is 0 Å². The van der Waals surface area contributed by atoms with Gasteiger partial charge in [-0.1, -0.05) is 79.2 Å². The summed E-state index contributed by atoms with van der Waals surface area (Å²) >= 11 is 0. The third-order valence-electron chi connectivity index (χ3n) is 4.84. The minimum absolute atomic E-state index is 0.127. The van der Waals surface area contributed by atoms with Crippen molar-refractivity contribution in [2.45, 2.75) is 105 Å². The fourth-order valence-electron chi connectivity index (χ4n) is 3.51. The van der Waals surface area contributed by atoms with Crippen LogP contribution >= 0.6 is 0 Å². The number of unbranched alkanes of at least 4 members (excludes halogenated alkanes) is 6. The van der Waals surface area contributed by atoms with E-state index in [1.807, 2.05) is 0 Å². The van der Waals surface area contributed by atoms with Gasteiger partial charge >= 0.3 is 0 Å². The Balaban J connectivity index is 2.82. The Hall–Kier alpha value is -0.980. The normalized spacial score (nSPS) is 11.8. The number of aryl methyl sites for hydroxylation is 1. The highest BCUT2D eigenvalue weighted by molar-refractivity contribution is 5.48. The second kappa shape index (κ2) is 10.8. The summed E-state index contributed by atoms with van der Waals surface area (Å²) in [4.78, 5) is 0. The van der Waals surface area contributed by atoms with E-state index in [1.165, 1.54) is 68.1 Å². The molecule has 0 aliphatic heterocycles. The number of ether oxygens (including phenoxy) is 1. The molecule has 0 atom stereocenters. The lowest BCUT2D eigenvalue weighted by molar-refractivity contribution is 0.296. The molecule has 0 unspecified atom stereocenters. The highest BCUT2D eigenvalue weighted by atomic mass is 16.5. The molecule has 24 heavy (non-hydrogen) atoms. The van der Waals surface area contributed by atoms with Crippen LogP contribution in [0.5, 0.6) is 5.75 Å². The van der Waals surface area contributed by atoms with E-state index in [1.54, 1.807) is 0 Å². The number of hydrogen-bond acceptors (Lipinski definition) is 1. The van der Waals surface area contributed by atoms with Crippen molar-refractivity contribution in [2.24, 2.45) is 0 Å². The lowest BCUT2D eigenvalue weighted by Crippen LogP contribution is -2.17. The van der Waals surface area contributed by atoms with E-state index in [0.29, 0.717) is 0 Å². The van der Waals surface area contributed by atoms with Gasteiger partial charge in [0.05, 0.1) is 6.61 Å². The minimum Gasteiger partial charge on any atom is -0.493 e. The molecule has 0 heterocycles. The molecule has 1 aromatic carbocycles. The number of benzene rings is 1. The lowest BCUT2D eigenvalue weighted by Gasteiger charge is -2.27. The molecule has 0 saturated heterocycles. The van der Waals surface area contributed by atoms with Gasteiger partial charge in [0, 0.05) is 5.56 Å². The summed E-state index contributed by atoms with van der Waals surface area (Å²) in [6.45, 7) is 14.6.